The number of pyridine rings is 1. The fraction of sp³-hybridized carbons (Fsp3) is 0.706. The number of aryl methyl sites for hydroxylation is 1. The number of aromatic nitrogens is 1. The van der Waals surface area contributed by atoms with Gasteiger partial charge in [-0.05, 0) is 41.9 Å². The van der Waals surface area contributed by atoms with Crippen molar-refractivity contribution in [3.05, 3.63) is 23.4 Å². The third-order valence-electron chi connectivity index (χ3n) is 4.40. The Kier molecular flexibility index (Phi) is 4.69. The Morgan fingerprint density at radius 1 is 1.35 bits per heavy atom. The third kappa shape index (κ3) is 3.51. The Morgan fingerprint density at radius 3 is 2.65 bits per heavy atom. The summed E-state index contributed by atoms with van der Waals surface area (Å²) >= 11 is 0. The molecular formula is C17H29N3. The van der Waals surface area contributed by atoms with Crippen LogP contribution < -0.4 is 10.6 Å². The first-order valence-corrected chi connectivity index (χ1v) is 7.89. The highest BCUT2D eigenvalue weighted by Crippen LogP contribution is 2.35. The van der Waals surface area contributed by atoms with Crippen LogP contribution in [-0.4, -0.2) is 18.1 Å². The largest absolute Gasteiger partial charge is 0.356 e. The zero-order valence-corrected chi connectivity index (χ0v) is 13.4. The molecule has 3 nitrogen and oxygen atoms in total. The summed E-state index contributed by atoms with van der Waals surface area (Å²) in [5.41, 5.74) is 8.61. The summed E-state index contributed by atoms with van der Waals surface area (Å²) in [6.45, 7) is 12.1. The van der Waals surface area contributed by atoms with Crippen molar-refractivity contribution in [3.63, 3.8) is 0 Å². The molecule has 2 rings (SSSR count). The summed E-state index contributed by atoms with van der Waals surface area (Å²) in [7, 11) is 0. The van der Waals surface area contributed by atoms with Crippen LogP contribution in [0.25, 0.3) is 0 Å². The Labute approximate surface area is 123 Å². The van der Waals surface area contributed by atoms with E-state index in [1.165, 1.54) is 17.7 Å². The predicted molar refractivity (Wildman–Crippen MR) is 85.9 cm³/mol. The monoisotopic (exact) mass is 275 g/mol. The van der Waals surface area contributed by atoms with E-state index in [0.717, 1.165) is 37.7 Å². The van der Waals surface area contributed by atoms with E-state index < -0.39 is 0 Å². The maximum Gasteiger partial charge on any atom is 0.129 e. The second kappa shape index (κ2) is 6.13. The van der Waals surface area contributed by atoms with E-state index >= 15 is 0 Å². The average molecular weight is 275 g/mol. The van der Waals surface area contributed by atoms with Crippen molar-refractivity contribution < 1.29 is 0 Å². The van der Waals surface area contributed by atoms with Crippen molar-refractivity contribution in [2.75, 3.05) is 18.0 Å². The number of anilines is 1. The highest BCUT2D eigenvalue weighted by atomic mass is 15.2. The second-order valence-corrected chi connectivity index (χ2v) is 7.08. The van der Waals surface area contributed by atoms with Crippen molar-refractivity contribution in [1.82, 2.24) is 4.98 Å². The predicted octanol–water partition coefficient (Wildman–Crippen LogP) is 3.37. The van der Waals surface area contributed by atoms with Crippen LogP contribution in [0.4, 0.5) is 5.82 Å². The minimum absolute atomic E-state index is 0.381. The fourth-order valence-corrected chi connectivity index (χ4v) is 2.97. The third-order valence-corrected chi connectivity index (χ3v) is 4.40. The Hall–Kier alpha value is -1.09. The molecule has 0 radical (unpaired) electrons. The number of rotatable bonds is 4. The van der Waals surface area contributed by atoms with E-state index in [-0.39, 0.29) is 0 Å². The zero-order valence-electron chi connectivity index (χ0n) is 13.4. The Morgan fingerprint density at radius 2 is 2.10 bits per heavy atom. The molecule has 3 heteroatoms. The van der Waals surface area contributed by atoms with Crippen LogP contribution in [0, 0.1) is 11.3 Å². The lowest BCUT2D eigenvalue weighted by Crippen LogP contribution is -2.26. The van der Waals surface area contributed by atoms with Gasteiger partial charge in [-0.25, -0.2) is 4.98 Å². The molecule has 1 atom stereocenters. The van der Waals surface area contributed by atoms with Gasteiger partial charge in [0.25, 0.3) is 0 Å². The second-order valence-electron chi connectivity index (χ2n) is 7.08. The first-order valence-electron chi connectivity index (χ1n) is 7.89. The van der Waals surface area contributed by atoms with Crippen molar-refractivity contribution in [3.8, 4) is 0 Å². The van der Waals surface area contributed by atoms with Crippen molar-refractivity contribution in [2.24, 2.45) is 17.1 Å². The highest BCUT2D eigenvalue weighted by molar-refractivity contribution is 5.44. The molecule has 1 aliphatic rings. The summed E-state index contributed by atoms with van der Waals surface area (Å²) in [5.74, 6) is 1.88. The molecule has 0 aromatic carbocycles. The van der Waals surface area contributed by atoms with E-state index in [2.05, 4.69) is 44.7 Å². The molecule has 1 aromatic heterocycles. The zero-order chi connectivity index (χ0) is 14.8. The first kappa shape index (κ1) is 15.3. The normalized spacial score (nSPS) is 19.6. The van der Waals surface area contributed by atoms with Crippen LogP contribution in [0.5, 0.6) is 0 Å². The topological polar surface area (TPSA) is 42.1 Å². The molecule has 20 heavy (non-hydrogen) atoms. The summed E-state index contributed by atoms with van der Waals surface area (Å²) < 4.78 is 0. The molecule has 112 valence electrons. The smallest absolute Gasteiger partial charge is 0.129 e. The summed E-state index contributed by atoms with van der Waals surface area (Å²) in [4.78, 5) is 7.28. The van der Waals surface area contributed by atoms with Gasteiger partial charge >= 0.3 is 0 Å². The summed E-state index contributed by atoms with van der Waals surface area (Å²) in [5, 5.41) is 0. The van der Waals surface area contributed by atoms with Gasteiger partial charge in [0.05, 0.1) is 0 Å². The van der Waals surface area contributed by atoms with Crippen LogP contribution in [0.1, 0.15) is 51.8 Å². The minimum atomic E-state index is 0.381. The van der Waals surface area contributed by atoms with Gasteiger partial charge in [-0.1, -0.05) is 34.1 Å². The van der Waals surface area contributed by atoms with E-state index in [1.54, 1.807) is 0 Å². The van der Waals surface area contributed by atoms with E-state index in [0.29, 0.717) is 12.0 Å². The maximum absolute atomic E-state index is 5.83. The standard InChI is InChI=1S/C17H29N3/c1-5-6-15-9-13(11-18)10-16(19-15)20-8-7-14(12-20)17(2,3)4/h9-10,14H,5-8,11-12,18H2,1-4H3. The average Bonchev–Trinajstić information content (AvgIpc) is 2.88. The highest BCUT2D eigenvalue weighted by Gasteiger charge is 2.32. The summed E-state index contributed by atoms with van der Waals surface area (Å²) in [6.07, 6.45) is 3.43. The van der Waals surface area contributed by atoms with Crippen LogP contribution in [-0.2, 0) is 13.0 Å². The lowest BCUT2D eigenvalue weighted by atomic mass is 9.80. The van der Waals surface area contributed by atoms with Crippen molar-refractivity contribution in [2.45, 2.75) is 53.5 Å². The van der Waals surface area contributed by atoms with E-state index in [4.69, 9.17) is 10.7 Å². The lowest BCUT2D eigenvalue weighted by Gasteiger charge is -2.27. The quantitative estimate of drug-likeness (QED) is 0.916. The van der Waals surface area contributed by atoms with E-state index in [1.807, 2.05) is 0 Å². The molecule has 0 bridgehead atoms. The van der Waals surface area contributed by atoms with Crippen molar-refractivity contribution >= 4 is 5.82 Å². The van der Waals surface area contributed by atoms with Crippen LogP contribution in [0.3, 0.4) is 0 Å². The van der Waals surface area contributed by atoms with Gasteiger partial charge in [0.2, 0.25) is 0 Å². The lowest BCUT2D eigenvalue weighted by molar-refractivity contribution is 0.263. The van der Waals surface area contributed by atoms with Gasteiger partial charge in [0.15, 0.2) is 0 Å². The molecule has 0 spiro atoms. The van der Waals surface area contributed by atoms with Crippen LogP contribution in [0.2, 0.25) is 0 Å². The van der Waals surface area contributed by atoms with Crippen LogP contribution in [0.15, 0.2) is 12.1 Å². The van der Waals surface area contributed by atoms with Gasteiger partial charge in [0.1, 0.15) is 5.82 Å². The molecule has 1 aromatic rings. The molecule has 2 heterocycles. The molecule has 1 saturated heterocycles. The number of hydrogen-bond donors (Lipinski definition) is 1. The first-order chi connectivity index (χ1) is 9.44. The fourth-order valence-electron chi connectivity index (χ4n) is 2.97. The van der Waals surface area contributed by atoms with E-state index in [9.17, 15) is 0 Å². The van der Waals surface area contributed by atoms with Crippen molar-refractivity contribution in [1.29, 1.82) is 0 Å². The van der Waals surface area contributed by atoms with Crippen LogP contribution >= 0.6 is 0 Å². The molecule has 0 saturated carbocycles. The number of hydrogen-bond acceptors (Lipinski definition) is 3. The van der Waals surface area contributed by atoms with Gasteiger partial charge in [-0.15, -0.1) is 0 Å². The molecule has 0 aliphatic carbocycles. The maximum atomic E-state index is 5.83. The SMILES string of the molecule is CCCc1cc(CN)cc(N2CCC(C(C)(C)C)C2)n1. The Balaban J connectivity index is 2.18. The molecule has 2 N–H and O–H groups in total. The van der Waals surface area contributed by atoms with Gasteiger partial charge in [0, 0.05) is 25.3 Å². The summed E-state index contributed by atoms with van der Waals surface area (Å²) in [6, 6.07) is 4.33. The molecular weight excluding hydrogens is 246 g/mol. The Bertz CT molecular complexity index is 448. The molecule has 1 unspecified atom stereocenters. The molecule has 1 fully saturated rings. The molecule has 1 aliphatic heterocycles. The number of nitrogens with zero attached hydrogens (tertiary/aromatic N) is 2. The minimum Gasteiger partial charge on any atom is -0.356 e. The number of nitrogens with two attached hydrogens (primary N) is 1. The van der Waals surface area contributed by atoms with Gasteiger partial charge < -0.3 is 10.6 Å². The van der Waals surface area contributed by atoms with Gasteiger partial charge in [-0.3, -0.25) is 0 Å². The van der Waals surface area contributed by atoms with Gasteiger partial charge in [-0.2, -0.15) is 0 Å². The molecule has 0 amide bonds.